The number of nitrogens with zero attached hydrogens (tertiary/aromatic N) is 3. The van der Waals surface area contributed by atoms with Gasteiger partial charge in [0.15, 0.2) is 10.2 Å². The molecule has 152 valence electrons. The average Bonchev–Trinajstić information content (AvgIpc) is 3.23. The van der Waals surface area contributed by atoms with Crippen LogP contribution in [-0.4, -0.2) is 20.4 Å². The van der Waals surface area contributed by atoms with Crippen LogP contribution in [0.2, 0.25) is 0 Å². The maximum atomic E-state index is 13.6. The highest BCUT2D eigenvalue weighted by Gasteiger charge is 2.60. The number of ether oxygens (including phenoxy) is 1. The Morgan fingerprint density at radius 3 is 2.65 bits per heavy atom. The van der Waals surface area contributed by atoms with Crippen molar-refractivity contribution in [1.82, 2.24) is 9.55 Å². The molecule has 1 spiro atoms. The van der Waals surface area contributed by atoms with Gasteiger partial charge in [0, 0.05) is 17.3 Å². The number of imidazole rings is 1. The monoisotopic (exact) mass is 432 g/mol. The first-order chi connectivity index (χ1) is 14.9. The molecule has 0 saturated carbocycles. The molecule has 0 aliphatic carbocycles. The number of nitro benzene ring substituents is 1. The molecule has 2 aliphatic rings. The van der Waals surface area contributed by atoms with Crippen LogP contribution in [0.4, 0.5) is 11.4 Å². The second-order valence-electron chi connectivity index (χ2n) is 6.89. The first-order valence-electron chi connectivity index (χ1n) is 8.99. The predicted octanol–water partition coefficient (Wildman–Crippen LogP) is 2.77. The smallest absolute Gasteiger partial charge is 0.293 e. The average molecular weight is 432 g/mol. The number of anilines is 1. The summed E-state index contributed by atoms with van der Waals surface area (Å²) < 4.78 is 7.40. The second kappa shape index (κ2) is 6.28. The van der Waals surface area contributed by atoms with Crippen molar-refractivity contribution < 1.29 is 14.5 Å². The maximum absolute atomic E-state index is 13.6. The molecule has 1 amide bonds. The molecule has 1 atom stereocenters. The third kappa shape index (κ3) is 2.24. The normalized spacial score (nSPS) is 18.7. The van der Waals surface area contributed by atoms with E-state index in [1.807, 2.05) is 12.1 Å². The minimum Gasteiger partial charge on any atom is -0.422 e. The largest absolute Gasteiger partial charge is 0.422 e. The number of nitrogens with one attached hydrogen (secondary N) is 2. The number of aromatic amines is 1. The van der Waals surface area contributed by atoms with Crippen molar-refractivity contribution in [2.45, 2.75) is 5.41 Å². The number of amides is 1. The molecule has 31 heavy (non-hydrogen) atoms. The molecule has 11 heteroatoms. The molecule has 4 N–H and O–H groups in total. The van der Waals surface area contributed by atoms with Crippen molar-refractivity contribution in [3.8, 4) is 17.6 Å². The van der Waals surface area contributed by atoms with Gasteiger partial charge in [0.2, 0.25) is 17.7 Å². The molecule has 5 rings (SSSR count). The standard InChI is InChI=1S/C20H12N6O4S/c21-9-12-16(22)30-17-15(25(19(31)24-17)10-5-2-1-3-6-10)20(12)11-7-4-8-13(26(28)29)14(11)23-18(20)27/h1-8H,22H2,(H,23,27)(H,24,31). The van der Waals surface area contributed by atoms with Gasteiger partial charge in [-0.2, -0.15) is 5.26 Å². The number of nitriles is 1. The highest BCUT2D eigenvalue weighted by atomic mass is 32.1. The fourth-order valence-electron chi connectivity index (χ4n) is 4.20. The number of benzene rings is 2. The summed E-state index contributed by atoms with van der Waals surface area (Å²) in [5.74, 6) is -0.875. The number of aromatic nitrogens is 2. The zero-order valence-corrected chi connectivity index (χ0v) is 16.4. The Hall–Kier alpha value is -4.43. The lowest BCUT2D eigenvalue weighted by Gasteiger charge is -2.32. The third-order valence-electron chi connectivity index (χ3n) is 5.40. The van der Waals surface area contributed by atoms with Crippen LogP contribution < -0.4 is 15.8 Å². The molecule has 3 heterocycles. The fraction of sp³-hybridized carbons (Fsp3) is 0.0500. The SMILES string of the molecule is N#CC1=C(N)Oc2[nH]c(=S)n(-c3ccccc3)c2C12C(=O)Nc1c([N+](=O)[O-])cccc12. The van der Waals surface area contributed by atoms with Crippen LogP contribution in [-0.2, 0) is 10.2 Å². The number of rotatable bonds is 2. The molecular weight excluding hydrogens is 420 g/mol. The summed E-state index contributed by atoms with van der Waals surface area (Å²) in [4.78, 5) is 27.5. The van der Waals surface area contributed by atoms with Crippen LogP contribution in [0.25, 0.3) is 5.69 Å². The van der Waals surface area contributed by atoms with Gasteiger partial charge in [-0.05, 0) is 24.4 Å². The van der Waals surface area contributed by atoms with Crippen LogP contribution in [0.1, 0.15) is 11.3 Å². The van der Waals surface area contributed by atoms with Crippen molar-refractivity contribution in [3.63, 3.8) is 0 Å². The lowest BCUT2D eigenvalue weighted by atomic mass is 9.71. The van der Waals surface area contributed by atoms with Gasteiger partial charge < -0.3 is 20.8 Å². The topological polar surface area (TPSA) is 152 Å². The van der Waals surface area contributed by atoms with Crippen LogP contribution >= 0.6 is 12.2 Å². The molecule has 1 unspecified atom stereocenters. The van der Waals surface area contributed by atoms with Gasteiger partial charge in [-0.15, -0.1) is 0 Å². The zero-order valence-electron chi connectivity index (χ0n) is 15.6. The highest BCUT2D eigenvalue weighted by molar-refractivity contribution is 7.71. The Kier molecular flexibility index (Phi) is 3.77. The minimum atomic E-state index is -1.79. The molecule has 0 fully saturated rings. The molecule has 1 aromatic heterocycles. The summed E-state index contributed by atoms with van der Waals surface area (Å²) in [6.45, 7) is 0. The lowest BCUT2D eigenvalue weighted by Crippen LogP contribution is -2.43. The lowest BCUT2D eigenvalue weighted by molar-refractivity contribution is -0.383. The van der Waals surface area contributed by atoms with Crippen molar-refractivity contribution >= 4 is 29.5 Å². The van der Waals surface area contributed by atoms with E-state index in [1.54, 1.807) is 34.9 Å². The van der Waals surface area contributed by atoms with E-state index >= 15 is 0 Å². The first kappa shape index (κ1) is 18.6. The Bertz CT molecular complexity index is 1430. The number of hydrogen-bond donors (Lipinski definition) is 3. The van der Waals surface area contributed by atoms with Crippen molar-refractivity contribution in [1.29, 1.82) is 5.26 Å². The van der Waals surface area contributed by atoms with Crippen molar-refractivity contribution in [2.75, 3.05) is 5.32 Å². The summed E-state index contributed by atoms with van der Waals surface area (Å²) in [6.07, 6.45) is 0. The van der Waals surface area contributed by atoms with Crippen LogP contribution in [0.5, 0.6) is 5.88 Å². The van der Waals surface area contributed by atoms with E-state index < -0.39 is 16.2 Å². The van der Waals surface area contributed by atoms with Gasteiger partial charge in [-0.1, -0.05) is 30.3 Å². The number of hydrogen-bond acceptors (Lipinski definition) is 7. The Morgan fingerprint density at radius 2 is 1.97 bits per heavy atom. The van der Waals surface area contributed by atoms with Crippen LogP contribution in [0.15, 0.2) is 60.0 Å². The second-order valence-corrected chi connectivity index (χ2v) is 7.28. The van der Waals surface area contributed by atoms with Gasteiger partial charge in [0.25, 0.3) is 5.69 Å². The number of nitrogens with two attached hydrogens (primary N) is 1. The summed E-state index contributed by atoms with van der Waals surface area (Å²) in [6, 6.07) is 15.2. The Morgan fingerprint density at radius 1 is 1.23 bits per heavy atom. The highest BCUT2D eigenvalue weighted by Crippen LogP contribution is 2.55. The number of H-pyrrole nitrogens is 1. The zero-order chi connectivity index (χ0) is 21.9. The maximum Gasteiger partial charge on any atom is 0.293 e. The number of fused-ring (bicyclic) bond motifs is 4. The summed E-state index contributed by atoms with van der Waals surface area (Å²) >= 11 is 5.48. The van der Waals surface area contributed by atoms with Crippen LogP contribution in [0, 0.1) is 26.2 Å². The molecule has 3 aromatic rings. The molecular formula is C20H12N6O4S. The Balaban J connectivity index is 1.96. The minimum absolute atomic E-state index is 0.00219. The van der Waals surface area contributed by atoms with Gasteiger partial charge >= 0.3 is 0 Å². The number of carbonyl (C=O) groups is 1. The number of carbonyl (C=O) groups excluding carboxylic acids is 1. The molecule has 0 radical (unpaired) electrons. The number of nitro groups is 1. The predicted molar refractivity (Wildman–Crippen MR) is 111 cm³/mol. The van der Waals surface area contributed by atoms with Crippen LogP contribution in [0.3, 0.4) is 0 Å². The van der Waals surface area contributed by atoms with Crippen molar-refractivity contribution in [3.05, 3.63) is 86.1 Å². The quantitative estimate of drug-likeness (QED) is 0.320. The summed E-state index contributed by atoms with van der Waals surface area (Å²) in [5, 5.41) is 24.2. The van der Waals surface area contributed by atoms with E-state index in [-0.39, 0.29) is 44.7 Å². The van der Waals surface area contributed by atoms with E-state index in [9.17, 15) is 20.2 Å². The van der Waals surface area contributed by atoms with E-state index in [1.165, 1.54) is 12.1 Å². The molecule has 10 nitrogen and oxygen atoms in total. The Labute approximate surface area is 179 Å². The van der Waals surface area contributed by atoms with Gasteiger partial charge in [0.05, 0.1) is 4.92 Å². The molecule has 0 saturated heterocycles. The van der Waals surface area contributed by atoms with E-state index in [0.717, 1.165) is 0 Å². The fourth-order valence-corrected chi connectivity index (χ4v) is 4.49. The molecule has 0 bridgehead atoms. The molecule has 2 aliphatic heterocycles. The van der Waals surface area contributed by atoms with E-state index in [4.69, 9.17) is 22.7 Å². The molecule has 2 aromatic carbocycles. The van der Waals surface area contributed by atoms with Gasteiger partial charge in [-0.3, -0.25) is 19.5 Å². The third-order valence-corrected chi connectivity index (χ3v) is 5.68. The summed E-state index contributed by atoms with van der Waals surface area (Å²) in [5.41, 5.74) is 4.79. The van der Waals surface area contributed by atoms with E-state index in [2.05, 4.69) is 10.3 Å². The van der Waals surface area contributed by atoms with Gasteiger partial charge in [0.1, 0.15) is 23.0 Å². The number of para-hydroxylation sites is 2. The van der Waals surface area contributed by atoms with E-state index in [0.29, 0.717) is 5.69 Å². The van der Waals surface area contributed by atoms with Gasteiger partial charge in [-0.25, -0.2) is 0 Å². The first-order valence-corrected chi connectivity index (χ1v) is 9.40. The van der Waals surface area contributed by atoms with Crippen molar-refractivity contribution in [2.24, 2.45) is 5.73 Å². The summed E-state index contributed by atoms with van der Waals surface area (Å²) in [7, 11) is 0.